The molecule has 0 saturated heterocycles. The van der Waals surface area contributed by atoms with Gasteiger partial charge in [-0.2, -0.15) is 0 Å². The first kappa shape index (κ1) is 14.9. The Balaban J connectivity index is 1.44. The number of nitrogens with one attached hydrogen (secondary N) is 1. The topological polar surface area (TPSA) is 30.5 Å². The molecule has 0 bridgehead atoms. The molecule has 1 aromatic carbocycles. The number of methoxy groups -OCH3 is 2. The fourth-order valence-corrected chi connectivity index (χ4v) is 3.41. The Labute approximate surface area is 128 Å². The third-order valence-corrected chi connectivity index (χ3v) is 5.28. The third-order valence-electron chi connectivity index (χ3n) is 5.28. The summed E-state index contributed by atoms with van der Waals surface area (Å²) in [6, 6.07) is 9.12. The highest BCUT2D eigenvalue weighted by atomic mass is 16.5. The van der Waals surface area contributed by atoms with Gasteiger partial charge in [0.15, 0.2) is 0 Å². The molecule has 2 aliphatic carbocycles. The molecule has 3 nitrogen and oxygen atoms in total. The molecule has 0 aromatic heterocycles. The van der Waals surface area contributed by atoms with Gasteiger partial charge in [-0.1, -0.05) is 18.2 Å². The fraction of sp³-hybridized carbons (Fsp3) is 0.667. The van der Waals surface area contributed by atoms with E-state index in [0.717, 1.165) is 12.4 Å². The Morgan fingerprint density at radius 1 is 1.19 bits per heavy atom. The van der Waals surface area contributed by atoms with Gasteiger partial charge in [0.25, 0.3) is 0 Å². The molecule has 0 atom stereocenters. The predicted octanol–water partition coefficient (Wildman–Crippen LogP) is 3.35. The van der Waals surface area contributed by atoms with Crippen LogP contribution < -0.4 is 10.1 Å². The van der Waals surface area contributed by atoms with Crippen LogP contribution in [0.1, 0.15) is 43.6 Å². The molecule has 0 unspecified atom stereocenters. The van der Waals surface area contributed by atoms with E-state index in [9.17, 15) is 0 Å². The van der Waals surface area contributed by atoms with Crippen molar-refractivity contribution in [2.75, 3.05) is 27.4 Å². The first-order valence-corrected chi connectivity index (χ1v) is 8.11. The lowest BCUT2D eigenvalue weighted by Crippen LogP contribution is -2.42. The molecular weight excluding hydrogens is 262 g/mol. The minimum absolute atomic E-state index is 0.547. The Morgan fingerprint density at radius 2 is 1.95 bits per heavy atom. The number of benzene rings is 1. The molecule has 0 spiro atoms. The van der Waals surface area contributed by atoms with E-state index in [-0.39, 0.29) is 0 Å². The molecule has 2 saturated carbocycles. The van der Waals surface area contributed by atoms with Crippen molar-refractivity contribution in [1.82, 2.24) is 5.32 Å². The highest BCUT2D eigenvalue weighted by molar-refractivity contribution is 5.37. The van der Waals surface area contributed by atoms with E-state index in [1.54, 1.807) is 14.2 Å². The van der Waals surface area contributed by atoms with E-state index in [2.05, 4.69) is 23.5 Å². The first-order chi connectivity index (χ1) is 10.3. The van der Waals surface area contributed by atoms with Crippen LogP contribution in [0.15, 0.2) is 24.3 Å². The molecule has 116 valence electrons. The van der Waals surface area contributed by atoms with Crippen molar-refractivity contribution in [2.24, 2.45) is 5.41 Å². The van der Waals surface area contributed by atoms with Crippen molar-refractivity contribution in [1.29, 1.82) is 0 Å². The first-order valence-electron chi connectivity index (χ1n) is 8.11. The van der Waals surface area contributed by atoms with Crippen molar-refractivity contribution in [2.45, 2.75) is 44.1 Å². The maximum atomic E-state index is 5.47. The lowest BCUT2D eigenvalue weighted by atomic mass is 9.75. The maximum Gasteiger partial charge on any atom is 0.122 e. The molecule has 2 aliphatic rings. The summed E-state index contributed by atoms with van der Waals surface area (Å²) in [5, 5.41) is 3.77. The summed E-state index contributed by atoms with van der Waals surface area (Å²) < 4.78 is 10.7. The zero-order valence-corrected chi connectivity index (χ0v) is 13.2. The molecule has 3 rings (SSSR count). The van der Waals surface area contributed by atoms with Crippen LogP contribution in [0.25, 0.3) is 0 Å². The molecule has 1 aromatic rings. The van der Waals surface area contributed by atoms with Crippen LogP contribution >= 0.6 is 0 Å². The smallest absolute Gasteiger partial charge is 0.122 e. The van der Waals surface area contributed by atoms with Crippen molar-refractivity contribution in [3.05, 3.63) is 29.8 Å². The van der Waals surface area contributed by atoms with Gasteiger partial charge >= 0.3 is 0 Å². The number of ether oxygens (including phenoxy) is 2. The summed E-state index contributed by atoms with van der Waals surface area (Å²) in [6.07, 6.45) is 6.42. The zero-order valence-electron chi connectivity index (χ0n) is 13.2. The van der Waals surface area contributed by atoms with Crippen molar-refractivity contribution >= 4 is 0 Å². The molecule has 3 heteroatoms. The highest BCUT2D eigenvalue weighted by Gasteiger charge is 2.43. The van der Waals surface area contributed by atoms with Crippen molar-refractivity contribution in [3.63, 3.8) is 0 Å². The quantitative estimate of drug-likeness (QED) is 0.796. The molecule has 2 fully saturated rings. The fourth-order valence-electron chi connectivity index (χ4n) is 3.41. The largest absolute Gasteiger partial charge is 0.496 e. The Kier molecular flexibility index (Phi) is 4.51. The normalized spacial score (nSPS) is 26.2. The third kappa shape index (κ3) is 3.41. The van der Waals surface area contributed by atoms with E-state index in [1.165, 1.54) is 44.2 Å². The monoisotopic (exact) mass is 289 g/mol. The molecule has 1 N–H and O–H groups in total. The summed E-state index contributed by atoms with van der Waals surface area (Å²) in [5.41, 5.74) is 1.92. The van der Waals surface area contributed by atoms with Gasteiger partial charge in [-0.15, -0.1) is 0 Å². The van der Waals surface area contributed by atoms with E-state index in [4.69, 9.17) is 9.47 Å². The molecule has 0 radical (unpaired) electrons. The van der Waals surface area contributed by atoms with Gasteiger partial charge in [-0.3, -0.25) is 0 Å². The van der Waals surface area contributed by atoms with Gasteiger partial charge in [-0.25, -0.2) is 0 Å². The second kappa shape index (κ2) is 6.37. The summed E-state index contributed by atoms with van der Waals surface area (Å²) in [5.74, 6) is 1.70. The molecule has 0 aliphatic heterocycles. The zero-order chi connectivity index (χ0) is 14.7. The lowest BCUT2D eigenvalue weighted by Gasteiger charge is -2.38. The van der Waals surface area contributed by atoms with Crippen LogP contribution in [-0.2, 0) is 4.74 Å². The standard InChI is InChI=1S/C18H27NO2/c1-20-10-9-18(7-8-18)13-19-15-11-14(12-15)16-5-3-4-6-17(16)21-2/h3-6,14-15,19H,7-13H2,1-2H3. The summed E-state index contributed by atoms with van der Waals surface area (Å²) in [4.78, 5) is 0. The lowest BCUT2D eigenvalue weighted by molar-refractivity contribution is 0.166. The summed E-state index contributed by atoms with van der Waals surface area (Å²) in [6.45, 7) is 2.07. The van der Waals surface area contributed by atoms with Crippen LogP contribution in [0.5, 0.6) is 5.75 Å². The van der Waals surface area contributed by atoms with Crippen LogP contribution in [-0.4, -0.2) is 33.4 Å². The highest BCUT2D eigenvalue weighted by Crippen LogP contribution is 2.49. The van der Waals surface area contributed by atoms with E-state index < -0.39 is 0 Å². The van der Waals surface area contributed by atoms with Crippen molar-refractivity contribution in [3.8, 4) is 5.75 Å². The van der Waals surface area contributed by atoms with Crippen LogP contribution in [0.4, 0.5) is 0 Å². The molecule has 21 heavy (non-hydrogen) atoms. The summed E-state index contributed by atoms with van der Waals surface area (Å²) in [7, 11) is 3.56. The number of rotatable bonds is 8. The van der Waals surface area contributed by atoms with E-state index in [0.29, 0.717) is 17.4 Å². The maximum absolute atomic E-state index is 5.47. The van der Waals surface area contributed by atoms with Crippen LogP contribution in [0.3, 0.4) is 0 Å². The molecule has 0 amide bonds. The SMILES string of the molecule is COCCC1(CNC2CC(c3ccccc3OC)C2)CC1. The Hall–Kier alpha value is -1.06. The number of para-hydroxylation sites is 1. The number of hydrogen-bond acceptors (Lipinski definition) is 3. The minimum atomic E-state index is 0.547. The van der Waals surface area contributed by atoms with Gasteiger partial charge in [0.05, 0.1) is 7.11 Å². The Morgan fingerprint density at radius 3 is 2.62 bits per heavy atom. The minimum Gasteiger partial charge on any atom is -0.496 e. The van der Waals surface area contributed by atoms with Gasteiger partial charge in [0.2, 0.25) is 0 Å². The van der Waals surface area contributed by atoms with Gasteiger partial charge in [-0.05, 0) is 55.1 Å². The second-order valence-electron chi connectivity index (χ2n) is 6.73. The van der Waals surface area contributed by atoms with E-state index >= 15 is 0 Å². The predicted molar refractivity (Wildman–Crippen MR) is 84.9 cm³/mol. The molecular formula is C18H27NO2. The van der Waals surface area contributed by atoms with Crippen molar-refractivity contribution < 1.29 is 9.47 Å². The second-order valence-corrected chi connectivity index (χ2v) is 6.73. The van der Waals surface area contributed by atoms with Gasteiger partial charge < -0.3 is 14.8 Å². The average molecular weight is 289 g/mol. The molecule has 0 heterocycles. The van der Waals surface area contributed by atoms with Gasteiger partial charge in [0.1, 0.15) is 5.75 Å². The van der Waals surface area contributed by atoms with Crippen LogP contribution in [0, 0.1) is 5.41 Å². The number of hydrogen-bond donors (Lipinski definition) is 1. The Bertz CT molecular complexity index is 464. The van der Waals surface area contributed by atoms with Gasteiger partial charge in [0, 0.05) is 26.3 Å². The van der Waals surface area contributed by atoms with E-state index in [1.807, 2.05) is 6.07 Å². The average Bonchev–Trinajstić information content (AvgIpc) is 3.24. The summed E-state index contributed by atoms with van der Waals surface area (Å²) >= 11 is 0. The van der Waals surface area contributed by atoms with Crippen LogP contribution in [0.2, 0.25) is 0 Å².